The molecule has 0 saturated heterocycles. The number of rotatable bonds is 10. The zero-order valence-electron chi connectivity index (χ0n) is 22.2. The third kappa shape index (κ3) is 7.08. The number of benzene rings is 3. The Morgan fingerprint density at radius 2 is 1.61 bits per heavy atom. The van der Waals surface area contributed by atoms with Crippen LogP contribution >= 0.6 is 0 Å². The Morgan fingerprint density at radius 1 is 0.895 bits per heavy atom. The second-order valence-electron chi connectivity index (χ2n) is 9.16. The Bertz CT molecular complexity index is 1320. The van der Waals surface area contributed by atoms with Crippen LogP contribution in [0.1, 0.15) is 16.7 Å². The number of hydrogen-bond donors (Lipinski definition) is 1. The van der Waals surface area contributed by atoms with E-state index in [2.05, 4.69) is 20.2 Å². The summed E-state index contributed by atoms with van der Waals surface area (Å²) in [7, 11) is 4.02. The predicted molar refractivity (Wildman–Crippen MR) is 150 cm³/mol. The second-order valence-corrected chi connectivity index (χ2v) is 9.16. The van der Waals surface area contributed by atoms with E-state index in [9.17, 15) is 4.79 Å². The Hall–Kier alpha value is -4.43. The van der Waals surface area contributed by atoms with Crippen LogP contribution in [0.15, 0.2) is 85.1 Å². The number of aromatic nitrogens is 2. The van der Waals surface area contributed by atoms with Gasteiger partial charge in [-0.25, -0.2) is 14.7 Å². The van der Waals surface area contributed by atoms with E-state index >= 15 is 0 Å². The molecule has 0 aliphatic rings. The van der Waals surface area contributed by atoms with E-state index in [4.69, 9.17) is 9.47 Å². The largest absolute Gasteiger partial charge is 0.492 e. The molecule has 0 radical (unpaired) electrons. The molecule has 4 aromatic rings. The summed E-state index contributed by atoms with van der Waals surface area (Å²) in [4.78, 5) is 26.1. The van der Waals surface area contributed by atoms with Gasteiger partial charge in [0.2, 0.25) is 5.95 Å². The Morgan fingerprint density at radius 3 is 2.29 bits per heavy atom. The molecule has 0 aliphatic heterocycles. The van der Waals surface area contributed by atoms with Crippen molar-refractivity contribution >= 4 is 29.2 Å². The average molecular weight is 512 g/mol. The Balaban J connectivity index is 1.55. The van der Waals surface area contributed by atoms with E-state index in [1.165, 1.54) is 4.90 Å². The van der Waals surface area contributed by atoms with E-state index in [1.807, 2.05) is 101 Å². The molecule has 0 aliphatic carbocycles. The first-order chi connectivity index (χ1) is 18.4. The summed E-state index contributed by atoms with van der Waals surface area (Å²) in [5.74, 6) is 1.55. The van der Waals surface area contributed by atoms with Crippen molar-refractivity contribution in [3.8, 4) is 5.75 Å². The Kier molecular flexibility index (Phi) is 8.89. The van der Waals surface area contributed by atoms with Gasteiger partial charge in [-0.15, -0.1) is 0 Å². The lowest BCUT2D eigenvalue weighted by atomic mass is 10.1. The number of ether oxygens (including phenoxy) is 2. The minimum Gasteiger partial charge on any atom is -0.492 e. The third-order valence-corrected chi connectivity index (χ3v) is 5.84. The number of carbonyl (C=O) groups excluding carboxylic acids is 1. The molecule has 0 saturated carbocycles. The van der Waals surface area contributed by atoms with Crippen molar-refractivity contribution in [1.82, 2.24) is 14.9 Å². The van der Waals surface area contributed by atoms with Gasteiger partial charge in [0, 0.05) is 24.5 Å². The van der Waals surface area contributed by atoms with E-state index in [1.54, 1.807) is 12.3 Å². The standard InChI is InChI=1S/C30H33N5O3/c1-22-9-8-10-23(2)28(22)35(30(36)38-21-24-11-6-5-7-12-24)27-17-18-31-29(33-27)32-25-13-15-26(16-14-25)37-20-19-34(3)4/h5-18H,19-21H2,1-4H3,(H,31,32,33). The van der Waals surface area contributed by atoms with Crippen LogP contribution in [0.5, 0.6) is 5.75 Å². The van der Waals surface area contributed by atoms with Crippen LogP contribution in [0.2, 0.25) is 0 Å². The number of para-hydroxylation sites is 1. The molecule has 4 rings (SSSR count). The fraction of sp³-hybridized carbons (Fsp3) is 0.233. The summed E-state index contributed by atoms with van der Waals surface area (Å²) in [6.07, 6.45) is 1.10. The van der Waals surface area contributed by atoms with E-state index < -0.39 is 6.09 Å². The van der Waals surface area contributed by atoms with Crippen LogP contribution < -0.4 is 15.0 Å². The van der Waals surface area contributed by atoms with Crippen molar-refractivity contribution in [1.29, 1.82) is 0 Å². The van der Waals surface area contributed by atoms with Gasteiger partial charge in [0.1, 0.15) is 24.8 Å². The van der Waals surface area contributed by atoms with Gasteiger partial charge in [-0.1, -0.05) is 48.5 Å². The number of aryl methyl sites for hydroxylation is 2. The number of anilines is 4. The van der Waals surface area contributed by atoms with Gasteiger partial charge in [-0.05, 0) is 68.9 Å². The van der Waals surface area contributed by atoms with E-state index in [0.29, 0.717) is 18.4 Å². The van der Waals surface area contributed by atoms with Crippen molar-refractivity contribution in [2.75, 3.05) is 37.5 Å². The van der Waals surface area contributed by atoms with Crippen LogP contribution in [0, 0.1) is 13.8 Å². The van der Waals surface area contributed by atoms with Gasteiger partial charge < -0.3 is 19.7 Å². The molecule has 3 aromatic carbocycles. The highest BCUT2D eigenvalue weighted by molar-refractivity contribution is 5.96. The molecule has 1 heterocycles. The van der Waals surface area contributed by atoms with Crippen LogP contribution in [0.3, 0.4) is 0 Å². The minimum absolute atomic E-state index is 0.153. The van der Waals surface area contributed by atoms with Gasteiger partial charge in [0.05, 0.1) is 5.69 Å². The molecule has 0 atom stereocenters. The maximum absolute atomic E-state index is 13.5. The highest BCUT2D eigenvalue weighted by Gasteiger charge is 2.25. The Labute approximate surface area is 223 Å². The molecule has 8 nitrogen and oxygen atoms in total. The number of likely N-dealkylation sites (N-methyl/N-ethyl adjacent to an activating group) is 1. The van der Waals surface area contributed by atoms with E-state index in [0.717, 1.165) is 40.4 Å². The fourth-order valence-electron chi connectivity index (χ4n) is 3.89. The van der Waals surface area contributed by atoms with Crippen molar-refractivity contribution in [3.05, 3.63) is 102 Å². The first-order valence-electron chi connectivity index (χ1n) is 12.5. The van der Waals surface area contributed by atoms with Gasteiger partial charge in [-0.3, -0.25) is 0 Å². The van der Waals surface area contributed by atoms with E-state index in [-0.39, 0.29) is 6.61 Å². The number of nitrogens with one attached hydrogen (secondary N) is 1. The number of hydrogen-bond acceptors (Lipinski definition) is 7. The van der Waals surface area contributed by atoms with Gasteiger partial charge in [0.15, 0.2) is 0 Å². The highest BCUT2D eigenvalue weighted by atomic mass is 16.6. The van der Waals surface area contributed by atoms with Crippen molar-refractivity contribution in [2.45, 2.75) is 20.5 Å². The lowest BCUT2D eigenvalue weighted by Gasteiger charge is -2.25. The van der Waals surface area contributed by atoms with Gasteiger partial charge in [0.25, 0.3) is 0 Å². The molecule has 0 unspecified atom stereocenters. The number of carbonyl (C=O) groups is 1. The maximum Gasteiger partial charge on any atom is 0.420 e. The molecule has 0 fully saturated rings. The maximum atomic E-state index is 13.5. The van der Waals surface area contributed by atoms with Gasteiger partial charge >= 0.3 is 6.09 Å². The van der Waals surface area contributed by atoms with Crippen LogP contribution in [0.25, 0.3) is 0 Å². The van der Waals surface area contributed by atoms with Crippen LogP contribution in [-0.4, -0.2) is 48.2 Å². The molecule has 196 valence electrons. The summed E-state index contributed by atoms with van der Waals surface area (Å²) in [5, 5.41) is 3.21. The summed E-state index contributed by atoms with van der Waals surface area (Å²) in [6, 6.07) is 24.8. The fourth-order valence-corrected chi connectivity index (χ4v) is 3.89. The summed E-state index contributed by atoms with van der Waals surface area (Å²) in [6.45, 7) is 5.52. The van der Waals surface area contributed by atoms with Crippen molar-refractivity contribution in [3.63, 3.8) is 0 Å². The van der Waals surface area contributed by atoms with Crippen molar-refractivity contribution in [2.24, 2.45) is 0 Å². The van der Waals surface area contributed by atoms with Gasteiger partial charge in [-0.2, -0.15) is 4.98 Å². The van der Waals surface area contributed by atoms with Crippen LogP contribution in [-0.2, 0) is 11.3 Å². The highest BCUT2D eigenvalue weighted by Crippen LogP contribution is 2.32. The molecule has 38 heavy (non-hydrogen) atoms. The average Bonchev–Trinajstić information content (AvgIpc) is 2.91. The lowest BCUT2D eigenvalue weighted by molar-refractivity contribution is 0.149. The smallest absolute Gasteiger partial charge is 0.420 e. The SMILES string of the molecule is Cc1cccc(C)c1N(C(=O)OCc1ccccc1)c1ccnc(Nc2ccc(OCCN(C)C)cc2)n1. The third-order valence-electron chi connectivity index (χ3n) is 5.84. The zero-order valence-corrected chi connectivity index (χ0v) is 22.2. The first-order valence-corrected chi connectivity index (χ1v) is 12.5. The molecular weight excluding hydrogens is 478 g/mol. The summed E-state index contributed by atoms with van der Waals surface area (Å²) < 4.78 is 11.5. The molecule has 0 bridgehead atoms. The number of amides is 1. The second kappa shape index (κ2) is 12.7. The molecule has 8 heteroatoms. The molecule has 0 spiro atoms. The molecule has 1 N–H and O–H groups in total. The summed E-state index contributed by atoms with van der Waals surface area (Å²) >= 11 is 0. The minimum atomic E-state index is -0.518. The quantitative estimate of drug-likeness (QED) is 0.269. The molecule has 1 amide bonds. The predicted octanol–water partition coefficient (Wildman–Crippen LogP) is 6.25. The van der Waals surface area contributed by atoms with Crippen LogP contribution in [0.4, 0.5) is 27.9 Å². The molecular formula is C30H33N5O3. The zero-order chi connectivity index (χ0) is 26.9. The normalized spacial score (nSPS) is 10.8. The number of nitrogens with zero attached hydrogens (tertiary/aromatic N) is 4. The molecule has 1 aromatic heterocycles. The van der Waals surface area contributed by atoms with Crippen molar-refractivity contribution < 1.29 is 14.3 Å². The monoisotopic (exact) mass is 511 g/mol. The first kappa shape index (κ1) is 26.6. The lowest BCUT2D eigenvalue weighted by Crippen LogP contribution is -2.29. The topological polar surface area (TPSA) is 79.8 Å². The summed E-state index contributed by atoms with van der Waals surface area (Å²) in [5.41, 5.74) is 4.29.